The largest absolute Gasteiger partial charge is 0.508 e. The van der Waals surface area contributed by atoms with Crippen LogP contribution in [0.25, 0.3) is 28.0 Å². The van der Waals surface area contributed by atoms with Crippen LogP contribution in [-0.4, -0.2) is 24.6 Å². The summed E-state index contributed by atoms with van der Waals surface area (Å²) in [4.78, 5) is 0. The van der Waals surface area contributed by atoms with Crippen molar-refractivity contribution in [3.05, 3.63) is 52.9 Å². The van der Waals surface area contributed by atoms with Gasteiger partial charge in [0, 0.05) is 30.2 Å². The van der Waals surface area contributed by atoms with Gasteiger partial charge in [-0.05, 0) is 54.5 Å². The van der Waals surface area contributed by atoms with Crippen molar-refractivity contribution in [1.82, 2.24) is 14.3 Å². The molecule has 0 spiro atoms. The highest BCUT2D eigenvalue weighted by atomic mass is 32.1. The van der Waals surface area contributed by atoms with Crippen LogP contribution in [-0.2, 0) is 20.5 Å². The van der Waals surface area contributed by atoms with Crippen molar-refractivity contribution >= 4 is 23.1 Å². The predicted molar refractivity (Wildman–Crippen MR) is 107 cm³/mol. The maximum absolute atomic E-state index is 10.5. The van der Waals surface area contributed by atoms with Gasteiger partial charge in [-0.2, -0.15) is 4.57 Å². The van der Waals surface area contributed by atoms with Gasteiger partial charge in [0.15, 0.2) is 0 Å². The Morgan fingerprint density at radius 1 is 1.07 bits per heavy atom. The Morgan fingerprint density at radius 2 is 1.85 bits per heavy atom. The third-order valence-corrected chi connectivity index (χ3v) is 5.22. The van der Waals surface area contributed by atoms with Gasteiger partial charge in [0.25, 0.3) is 5.82 Å². The molecular formula is C20H21N4O2S+. The highest BCUT2D eigenvalue weighted by molar-refractivity contribution is 7.71. The van der Waals surface area contributed by atoms with Gasteiger partial charge in [0.1, 0.15) is 17.2 Å². The number of aromatic hydroxyl groups is 2. The van der Waals surface area contributed by atoms with E-state index in [9.17, 15) is 10.2 Å². The smallest absolute Gasteiger partial charge is 0.328 e. The molecule has 4 rings (SSSR count). The summed E-state index contributed by atoms with van der Waals surface area (Å²) in [5.41, 5.74) is 3.40. The second-order valence-corrected chi connectivity index (χ2v) is 7.04. The van der Waals surface area contributed by atoms with Gasteiger partial charge in [0.05, 0.1) is 12.6 Å². The van der Waals surface area contributed by atoms with Crippen LogP contribution in [0.2, 0.25) is 0 Å². The van der Waals surface area contributed by atoms with E-state index in [2.05, 4.69) is 27.9 Å². The molecular weight excluding hydrogens is 360 g/mol. The molecule has 3 N–H and O–H groups in total. The first-order chi connectivity index (χ1) is 12.9. The number of aryl methyl sites for hydroxylation is 3. The number of phenolic OH excluding ortho intramolecular Hbond substituents is 2. The fourth-order valence-electron chi connectivity index (χ4n) is 3.53. The molecule has 0 unspecified atom stereocenters. The van der Waals surface area contributed by atoms with Crippen LogP contribution in [0, 0.1) is 4.77 Å². The molecule has 2 heterocycles. The quantitative estimate of drug-likeness (QED) is 0.376. The molecule has 2 aromatic carbocycles. The molecule has 6 nitrogen and oxygen atoms in total. The van der Waals surface area contributed by atoms with E-state index in [1.54, 1.807) is 10.7 Å². The molecule has 0 amide bonds. The van der Waals surface area contributed by atoms with E-state index in [-0.39, 0.29) is 11.5 Å². The van der Waals surface area contributed by atoms with Crippen LogP contribution < -0.4 is 4.57 Å². The molecule has 0 radical (unpaired) electrons. The van der Waals surface area contributed by atoms with Crippen molar-refractivity contribution in [2.24, 2.45) is 14.1 Å². The van der Waals surface area contributed by atoms with E-state index in [4.69, 9.17) is 12.2 Å². The minimum absolute atomic E-state index is 0.00355. The first-order valence-corrected chi connectivity index (χ1v) is 9.13. The number of fused-ring (bicyclic) bond motifs is 1. The Balaban J connectivity index is 2.00. The van der Waals surface area contributed by atoms with Crippen LogP contribution in [0.15, 0.2) is 42.6 Å². The van der Waals surface area contributed by atoms with Gasteiger partial charge in [0.2, 0.25) is 0 Å². The van der Waals surface area contributed by atoms with Gasteiger partial charge in [-0.3, -0.25) is 0 Å². The maximum Gasteiger partial charge on any atom is 0.328 e. The average Bonchev–Trinajstić information content (AvgIpc) is 3.14. The van der Waals surface area contributed by atoms with E-state index in [0.717, 1.165) is 22.2 Å². The predicted octanol–water partition coefficient (Wildman–Crippen LogP) is 3.49. The van der Waals surface area contributed by atoms with Crippen LogP contribution in [0.5, 0.6) is 11.5 Å². The van der Waals surface area contributed by atoms with Crippen LogP contribution in [0.1, 0.15) is 12.5 Å². The van der Waals surface area contributed by atoms with Crippen molar-refractivity contribution < 1.29 is 14.8 Å². The molecule has 0 aliphatic carbocycles. The summed E-state index contributed by atoms with van der Waals surface area (Å²) in [5, 5.41) is 24.8. The number of aromatic amines is 1. The lowest BCUT2D eigenvalue weighted by Crippen LogP contribution is -2.33. The average molecular weight is 381 g/mol. The van der Waals surface area contributed by atoms with Crippen molar-refractivity contribution in [3.63, 3.8) is 0 Å². The van der Waals surface area contributed by atoms with Crippen LogP contribution >= 0.6 is 12.2 Å². The van der Waals surface area contributed by atoms with E-state index >= 15 is 0 Å². The second-order valence-electron chi connectivity index (χ2n) is 6.66. The number of nitrogens with zero attached hydrogens (tertiary/aromatic N) is 3. The van der Waals surface area contributed by atoms with E-state index < -0.39 is 0 Å². The zero-order chi connectivity index (χ0) is 19.3. The number of hydrogen-bond acceptors (Lipinski definition) is 3. The number of nitrogens with one attached hydrogen (secondary N) is 1. The van der Waals surface area contributed by atoms with Crippen molar-refractivity contribution in [2.45, 2.75) is 13.3 Å². The Bertz CT molecular complexity index is 1230. The number of benzene rings is 2. The molecule has 0 fully saturated rings. The summed E-state index contributed by atoms with van der Waals surface area (Å²) in [6.45, 7) is 1.96. The van der Waals surface area contributed by atoms with E-state index in [0.29, 0.717) is 22.6 Å². The molecule has 0 aliphatic heterocycles. The van der Waals surface area contributed by atoms with Crippen molar-refractivity contribution in [2.75, 3.05) is 0 Å². The zero-order valence-electron chi connectivity index (χ0n) is 15.4. The topological polar surface area (TPSA) is 70.0 Å². The van der Waals surface area contributed by atoms with E-state index in [1.165, 1.54) is 6.07 Å². The molecule has 4 aromatic rings. The SMILES string of the molecule is CCc1cc(-c2n(C)[nH]c(=S)[n+]2-c2ccc3c(ccn3C)c2)c(O)cc1O. The number of hydrogen-bond donors (Lipinski definition) is 3. The highest BCUT2D eigenvalue weighted by Crippen LogP contribution is 2.34. The van der Waals surface area contributed by atoms with Gasteiger partial charge in [-0.1, -0.05) is 6.92 Å². The Morgan fingerprint density at radius 3 is 2.59 bits per heavy atom. The van der Waals surface area contributed by atoms with Crippen LogP contribution in [0.3, 0.4) is 0 Å². The van der Waals surface area contributed by atoms with Gasteiger partial charge >= 0.3 is 4.77 Å². The Hall–Kier alpha value is -3.06. The molecule has 27 heavy (non-hydrogen) atoms. The van der Waals surface area contributed by atoms with Gasteiger partial charge in [-0.25, -0.2) is 0 Å². The summed E-state index contributed by atoms with van der Waals surface area (Å²) in [7, 11) is 3.86. The van der Waals surface area contributed by atoms with E-state index in [1.807, 2.05) is 37.8 Å². The van der Waals surface area contributed by atoms with Gasteiger partial charge < -0.3 is 14.8 Å². The summed E-state index contributed by atoms with van der Waals surface area (Å²) in [5.74, 6) is 0.805. The van der Waals surface area contributed by atoms with Crippen LogP contribution in [0.4, 0.5) is 0 Å². The molecule has 7 heteroatoms. The molecule has 0 bridgehead atoms. The normalized spacial score (nSPS) is 11.4. The summed E-state index contributed by atoms with van der Waals surface area (Å²) >= 11 is 5.55. The van der Waals surface area contributed by atoms with Gasteiger partial charge in [-0.15, -0.1) is 9.78 Å². The number of rotatable bonds is 3. The summed E-state index contributed by atoms with van der Waals surface area (Å²) in [6.07, 6.45) is 2.68. The molecule has 0 saturated carbocycles. The summed E-state index contributed by atoms with van der Waals surface area (Å²) in [6, 6.07) is 11.4. The molecule has 0 aliphatic rings. The third-order valence-electron chi connectivity index (χ3n) is 4.94. The number of H-pyrrole nitrogens is 1. The number of aromatic nitrogens is 4. The lowest BCUT2D eigenvalue weighted by atomic mass is 10.1. The Labute approximate surface area is 161 Å². The third kappa shape index (κ3) is 2.71. The molecule has 0 atom stereocenters. The fourth-order valence-corrected chi connectivity index (χ4v) is 3.85. The number of phenols is 2. The first-order valence-electron chi connectivity index (χ1n) is 8.72. The minimum Gasteiger partial charge on any atom is -0.508 e. The molecule has 2 aromatic heterocycles. The highest BCUT2D eigenvalue weighted by Gasteiger charge is 2.25. The minimum atomic E-state index is 0.00355. The fraction of sp³-hybridized carbons (Fsp3) is 0.200. The lowest BCUT2D eigenvalue weighted by Gasteiger charge is -2.09. The van der Waals surface area contributed by atoms with Crippen molar-refractivity contribution in [1.29, 1.82) is 0 Å². The lowest BCUT2D eigenvalue weighted by molar-refractivity contribution is -0.591. The molecule has 0 saturated heterocycles. The summed E-state index contributed by atoms with van der Waals surface area (Å²) < 4.78 is 6.26. The Kier molecular flexibility index (Phi) is 4.04. The first kappa shape index (κ1) is 17.4. The van der Waals surface area contributed by atoms with Crippen molar-refractivity contribution in [3.8, 4) is 28.6 Å². The standard InChI is InChI=1S/C20H20N4O2S/c1-4-12-10-15(18(26)11-17(12)25)19-23(3)21-20(27)24(19)14-5-6-16-13(9-14)7-8-22(16)2/h5-11H,4H2,1-3H3,(H2,21,25,26,27)/p+1. The second kappa shape index (κ2) is 6.28. The maximum atomic E-state index is 10.5. The zero-order valence-corrected chi connectivity index (χ0v) is 16.2. The monoisotopic (exact) mass is 381 g/mol. The molecule has 138 valence electrons.